The predicted molar refractivity (Wildman–Crippen MR) is 304 cm³/mol. The molecule has 1 atom stereocenters. The smallest absolute Gasteiger partial charge is 0.0540 e. The largest absolute Gasteiger partial charge is 0.314 e. The standard InChI is InChI=1S/C65H59N.2C2H6/c1-45-17-15-25-58(60(45)42-47-20-7-3-8-21-47)57-38-36-54(44-52(57)41-46-18-5-2-6-19-46)66(63-28-16-27-62-64(63)59-24-11-12-26-61(59)65(62)39-13-4-14-40-65)53-34-31-48(32-35-53)50-33-37-56-51(43-50)30-29-49-22-9-10-23-55(49)56;2*1-2/h2-3,5-7,9-12,15-16,18-20,22-31,33-34,36-38,43-45H,4,8,13-14,17,21,32,35,39-42H2,1H3;2*1-2H3. The summed E-state index contributed by atoms with van der Waals surface area (Å²) in [6, 6.07) is 55.8. The normalized spacial score (nSPS) is 17.7. The van der Waals surface area contributed by atoms with Gasteiger partial charge < -0.3 is 4.90 Å². The Kier molecular flexibility index (Phi) is 14.2. The first-order valence-electron chi connectivity index (χ1n) is 26.9. The first-order chi connectivity index (χ1) is 34.6. The van der Waals surface area contributed by atoms with Gasteiger partial charge >= 0.3 is 0 Å². The molecule has 0 aliphatic heterocycles. The Balaban J connectivity index is 0.00000138. The topological polar surface area (TPSA) is 3.24 Å². The molecule has 5 aliphatic rings. The lowest BCUT2D eigenvalue weighted by Gasteiger charge is -2.36. The maximum Gasteiger partial charge on any atom is 0.0540 e. The summed E-state index contributed by atoms with van der Waals surface area (Å²) in [5, 5.41) is 5.24. The zero-order chi connectivity index (χ0) is 48.0. The van der Waals surface area contributed by atoms with Gasteiger partial charge in [-0.1, -0.05) is 223 Å². The van der Waals surface area contributed by atoms with Crippen molar-refractivity contribution in [1.82, 2.24) is 0 Å². The monoisotopic (exact) mass is 914 g/mol. The third kappa shape index (κ3) is 8.89. The lowest BCUT2D eigenvalue weighted by Crippen LogP contribution is -2.28. The maximum absolute atomic E-state index is 2.67. The summed E-state index contributed by atoms with van der Waals surface area (Å²) in [5.41, 5.74) is 21.3. The lowest BCUT2D eigenvalue weighted by atomic mass is 9.68. The molecule has 352 valence electrons. The van der Waals surface area contributed by atoms with Crippen molar-refractivity contribution < 1.29 is 0 Å². The minimum absolute atomic E-state index is 0.0834. The van der Waals surface area contributed by atoms with Gasteiger partial charge in [0.2, 0.25) is 0 Å². The highest BCUT2D eigenvalue weighted by Crippen LogP contribution is 2.59. The van der Waals surface area contributed by atoms with Crippen molar-refractivity contribution in [3.05, 3.63) is 238 Å². The number of fused-ring (bicyclic) bond motifs is 8. The van der Waals surface area contributed by atoms with E-state index in [2.05, 4.69) is 200 Å². The van der Waals surface area contributed by atoms with Crippen LogP contribution >= 0.6 is 0 Å². The first kappa shape index (κ1) is 47.0. The molecule has 1 unspecified atom stereocenters. The average Bonchev–Trinajstić information content (AvgIpc) is 3.70. The van der Waals surface area contributed by atoms with Crippen molar-refractivity contribution in [2.24, 2.45) is 5.92 Å². The van der Waals surface area contributed by atoms with Crippen LogP contribution < -0.4 is 4.90 Å². The lowest BCUT2D eigenvalue weighted by molar-refractivity contribution is 0.353. The van der Waals surface area contributed by atoms with E-state index >= 15 is 0 Å². The van der Waals surface area contributed by atoms with E-state index in [0.717, 1.165) is 44.9 Å². The second kappa shape index (κ2) is 21.1. The van der Waals surface area contributed by atoms with E-state index in [4.69, 9.17) is 0 Å². The molecule has 1 heteroatoms. The minimum atomic E-state index is 0.0834. The number of benzene rings is 7. The van der Waals surface area contributed by atoms with Gasteiger partial charge in [-0.2, -0.15) is 0 Å². The highest BCUT2D eigenvalue weighted by molar-refractivity contribution is 6.08. The van der Waals surface area contributed by atoms with Gasteiger partial charge in [0.05, 0.1) is 5.69 Å². The summed E-state index contributed by atoms with van der Waals surface area (Å²) in [5.74, 6) is 0.506. The van der Waals surface area contributed by atoms with E-state index in [1.807, 2.05) is 27.7 Å². The van der Waals surface area contributed by atoms with Gasteiger partial charge in [0.15, 0.2) is 0 Å². The Morgan fingerprint density at radius 2 is 1.36 bits per heavy atom. The third-order valence-electron chi connectivity index (χ3n) is 15.9. The Morgan fingerprint density at radius 1 is 0.586 bits per heavy atom. The van der Waals surface area contributed by atoms with Crippen molar-refractivity contribution in [1.29, 1.82) is 0 Å². The number of rotatable bonds is 9. The second-order valence-corrected chi connectivity index (χ2v) is 19.7. The van der Waals surface area contributed by atoms with Crippen LogP contribution in [0, 0.1) is 5.92 Å². The van der Waals surface area contributed by atoms with Gasteiger partial charge in [-0.25, -0.2) is 0 Å². The van der Waals surface area contributed by atoms with Crippen molar-refractivity contribution in [2.45, 2.75) is 117 Å². The fraction of sp³-hybridized carbons (Fsp3) is 0.275. The van der Waals surface area contributed by atoms with Crippen LogP contribution in [0.15, 0.2) is 205 Å². The maximum atomic E-state index is 2.67. The molecule has 7 aromatic carbocycles. The quantitative estimate of drug-likeness (QED) is 0.130. The highest BCUT2D eigenvalue weighted by atomic mass is 15.2. The second-order valence-electron chi connectivity index (χ2n) is 19.7. The minimum Gasteiger partial charge on any atom is -0.314 e. The van der Waals surface area contributed by atoms with E-state index in [1.54, 1.807) is 11.1 Å². The molecule has 5 aliphatic carbocycles. The zero-order valence-corrected chi connectivity index (χ0v) is 42.4. The van der Waals surface area contributed by atoms with Crippen molar-refractivity contribution in [3.63, 3.8) is 0 Å². The average molecular weight is 914 g/mol. The van der Waals surface area contributed by atoms with Gasteiger partial charge in [-0.15, -0.1) is 0 Å². The van der Waals surface area contributed by atoms with E-state index in [-0.39, 0.29) is 5.41 Å². The molecule has 70 heavy (non-hydrogen) atoms. The fourth-order valence-electron chi connectivity index (χ4n) is 12.5. The van der Waals surface area contributed by atoms with Crippen LogP contribution in [-0.4, -0.2) is 0 Å². The number of allylic oxidation sites excluding steroid dienone is 12. The molecule has 0 radical (unpaired) electrons. The number of hydrogen-bond acceptors (Lipinski definition) is 1. The fourth-order valence-corrected chi connectivity index (χ4v) is 12.5. The van der Waals surface area contributed by atoms with Crippen LogP contribution in [-0.2, 0) is 11.8 Å². The van der Waals surface area contributed by atoms with Gasteiger partial charge in [-0.05, 0) is 166 Å². The molecule has 0 heterocycles. The summed E-state index contributed by atoms with van der Waals surface area (Å²) in [6.07, 6.45) is 30.3. The van der Waals surface area contributed by atoms with Gasteiger partial charge in [0.1, 0.15) is 0 Å². The van der Waals surface area contributed by atoms with Crippen LogP contribution in [0.4, 0.5) is 11.4 Å². The Labute approximate surface area is 419 Å². The molecule has 1 spiro atoms. The van der Waals surface area contributed by atoms with Gasteiger partial charge in [0, 0.05) is 22.4 Å². The number of nitrogens with zero attached hydrogens (tertiary/aromatic N) is 1. The Hall–Kier alpha value is -6.70. The molecule has 0 amide bonds. The van der Waals surface area contributed by atoms with E-state index in [1.165, 1.54) is 126 Å². The highest BCUT2D eigenvalue weighted by Gasteiger charge is 2.45. The summed E-state index contributed by atoms with van der Waals surface area (Å²) in [4.78, 5) is 2.67. The number of anilines is 2. The molecule has 12 rings (SSSR count). The van der Waals surface area contributed by atoms with Crippen molar-refractivity contribution in [3.8, 4) is 11.1 Å². The molecule has 0 bridgehead atoms. The van der Waals surface area contributed by atoms with Crippen LogP contribution in [0.25, 0.3) is 43.8 Å². The summed E-state index contributed by atoms with van der Waals surface area (Å²) in [6.45, 7) is 10.4. The van der Waals surface area contributed by atoms with Gasteiger partial charge in [0.25, 0.3) is 0 Å². The molecular weight excluding hydrogens is 843 g/mol. The Morgan fingerprint density at radius 3 is 2.17 bits per heavy atom. The molecule has 1 saturated carbocycles. The summed E-state index contributed by atoms with van der Waals surface area (Å²) >= 11 is 0. The van der Waals surface area contributed by atoms with E-state index < -0.39 is 0 Å². The molecule has 0 saturated heterocycles. The summed E-state index contributed by atoms with van der Waals surface area (Å²) < 4.78 is 0. The SMILES string of the molecule is CC.CC.CC1CC=CC(c2ccc(N(C3=CC=C(c4ccc5c(ccc6ccccc65)c4)CC3)c3cccc4c3-c3ccccc3C43CCCCC3)cc2Cc2ccccc2)=C1CC1=CC=CCC1. The molecule has 1 fully saturated rings. The first-order valence-corrected chi connectivity index (χ1v) is 26.9. The predicted octanol–water partition coefficient (Wildman–Crippen LogP) is 19.8. The van der Waals surface area contributed by atoms with Crippen LogP contribution in [0.5, 0.6) is 0 Å². The van der Waals surface area contributed by atoms with Crippen molar-refractivity contribution in [2.75, 3.05) is 4.90 Å². The van der Waals surface area contributed by atoms with Crippen LogP contribution in [0.3, 0.4) is 0 Å². The van der Waals surface area contributed by atoms with Crippen LogP contribution in [0.1, 0.15) is 139 Å². The molecule has 0 N–H and O–H groups in total. The Bertz CT molecular complexity index is 3210. The zero-order valence-electron chi connectivity index (χ0n) is 42.4. The molecule has 1 nitrogen and oxygen atoms in total. The molecular formula is C69H71N. The molecule has 7 aromatic rings. The summed E-state index contributed by atoms with van der Waals surface area (Å²) in [7, 11) is 0. The van der Waals surface area contributed by atoms with Crippen molar-refractivity contribution >= 4 is 44.1 Å². The third-order valence-corrected chi connectivity index (χ3v) is 15.9. The van der Waals surface area contributed by atoms with E-state index in [0.29, 0.717) is 5.92 Å². The van der Waals surface area contributed by atoms with E-state index in [9.17, 15) is 0 Å². The van der Waals surface area contributed by atoms with Crippen LogP contribution in [0.2, 0.25) is 0 Å². The molecule has 0 aromatic heterocycles. The number of hydrogen-bond donors (Lipinski definition) is 0. The van der Waals surface area contributed by atoms with Gasteiger partial charge in [-0.3, -0.25) is 0 Å².